The van der Waals surface area contributed by atoms with Crippen molar-refractivity contribution in [2.45, 2.75) is 46.2 Å². The normalized spacial score (nSPS) is 10.6. The Hall–Kier alpha value is -2.29. The summed E-state index contributed by atoms with van der Waals surface area (Å²) < 4.78 is 32.4. The number of halogens is 3. The number of rotatable bonds is 1. The molecule has 0 unspecified atom stereocenters. The molecule has 0 bridgehead atoms. The quantitative estimate of drug-likeness (QED) is 0.413. The average molecular weight is 360 g/mol. The van der Waals surface area contributed by atoms with E-state index < -0.39 is 12.6 Å². The van der Waals surface area contributed by atoms with Crippen molar-refractivity contribution in [3.8, 4) is 0 Å². The molecule has 0 aliphatic carbocycles. The van der Waals surface area contributed by atoms with Gasteiger partial charge in [0.25, 0.3) is 0 Å². The van der Waals surface area contributed by atoms with Crippen LogP contribution in [0.25, 0.3) is 10.8 Å². The van der Waals surface area contributed by atoms with Gasteiger partial charge in [0, 0.05) is 6.42 Å². The molecule has 0 spiro atoms. The van der Waals surface area contributed by atoms with Gasteiger partial charge < -0.3 is 0 Å². The van der Waals surface area contributed by atoms with Crippen LogP contribution in [0.4, 0.5) is 13.2 Å². The van der Waals surface area contributed by atoms with E-state index in [4.69, 9.17) is 0 Å². The van der Waals surface area contributed by atoms with Crippen LogP contribution >= 0.6 is 0 Å². The lowest BCUT2D eigenvalue weighted by molar-refractivity contribution is -0.130. The molecule has 3 heteroatoms. The molecule has 0 nitrogen and oxygen atoms in total. The number of alkyl halides is 3. The van der Waals surface area contributed by atoms with Gasteiger partial charge in [-0.25, -0.2) is 0 Å². The van der Waals surface area contributed by atoms with Crippen LogP contribution < -0.4 is 0 Å². The molecule has 0 heterocycles. The zero-order valence-electron chi connectivity index (χ0n) is 15.8. The van der Waals surface area contributed by atoms with Crippen LogP contribution in [0, 0.1) is 6.92 Å². The third-order valence-corrected chi connectivity index (χ3v) is 3.87. The van der Waals surface area contributed by atoms with Crippen LogP contribution in [0.1, 0.15) is 44.2 Å². The summed E-state index contributed by atoms with van der Waals surface area (Å²) >= 11 is 0. The van der Waals surface area contributed by atoms with Crippen molar-refractivity contribution in [1.82, 2.24) is 0 Å². The van der Waals surface area contributed by atoms with Crippen molar-refractivity contribution < 1.29 is 13.2 Å². The minimum atomic E-state index is -3.96. The van der Waals surface area contributed by atoms with Crippen LogP contribution in [0.5, 0.6) is 0 Å². The van der Waals surface area contributed by atoms with Gasteiger partial charge in [0.15, 0.2) is 0 Å². The maximum absolute atomic E-state index is 10.8. The Balaban J connectivity index is 0.000000205. The van der Waals surface area contributed by atoms with Gasteiger partial charge in [-0.05, 0) is 34.7 Å². The molecule has 0 amide bonds. The van der Waals surface area contributed by atoms with Gasteiger partial charge in [-0.2, -0.15) is 13.2 Å². The molecule has 0 N–H and O–H groups in total. The van der Waals surface area contributed by atoms with Crippen molar-refractivity contribution in [3.05, 3.63) is 83.9 Å². The first-order valence-corrected chi connectivity index (χ1v) is 8.80. The smallest absolute Gasteiger partial charge is 0.171 e. The van der Waals surface area contributed by atoms with E-state index in [0.717, 1.165) is 6.92 Å². The van der Waals surface area contributed by atoms with Crippen molar-refractivity contribution in [2.24, 2.45) is 0 Å². The molecule has 0 aromatic heterocycles. The Bertz CT molecular complexity index is 754. The third kappa shape index (κ3) is 8.19. The highest BCUT2D eigenvalue weighted by Gasteiger charge is 2.22. The fourth-order valence-electron chi connectivity index (χ4n) is 2.23. The van der Waals surface area contributed by atoms with Crippen molar-refractivity contribution in [1.29, 1.82) is 0 Å². The minimum absolute atomic E-state index is 0.659. The molecule has 0 atom stereocenters. The molecule has 0 saturated carbocycles. The predicted molar refractivity (Wildman–Crippen MR) is 106 cm³/mol. The molecule has 0 fully saturated rings. The lowest BCUT2D eigenvalue weighted by Crippen LogP contribution is -2.02. The number of aryl methyl sites for hydroxylation is 1. The standard InChI is InChI=1S/C11H10.C9H12.C3H5F3/c1-9-5-4-7-10-6-2-3-8-11(9)10;1-8(2)9-6-4-3-5-7-9;1-2-3(4,5)6/h2-8H,1H3;3-8H,1-2H3;2H2,1H3. The van der Waals surface area contributed by atoms with E-state index >= 15 is 0 Å². The summed E-state index contributed by atoms with van der Waals surface area (Å²) in [6, 6.07) is 25.3. The Kier molecular flexibility index (Phi) is 8.91. The van der Waals surface area contributed by atoms with Crippen LogP contribution in [-0.4, -0.2) is 6.18 Å². The SMILES string of the molecule is CC(C)c1ccccc1.CCC(F)(F)F.Cc1cccc2ccccc12. The Morgan fingerprint density at radius 2 is 1.27 bits per heavy atom. The van der Waals surface area contributed by atoms with Crippen molar-refractivity contribution in [2.75, 3.05) is 0 Å². The zero-order valence-corrected chi connectivity index (χ0v) is 15.8. The van der Waals surface area contributed by atoms with Crippen LogP contribution in [0.15, 0.2) is 72.8 Å². The average Bonchev–Trinajstić information content (AvgIpc) is 2.63. The molecule has 0 aliphatic heterocycles. The molecule has 140 valence electrons. The maximum Gasteiger partial charge on any atom is 0.388 e. The summed E-state index contributed by atoms with van der Waals surface area (Å²) in [4.78, 5) is 0. The molecule has 26 heavy (non-hydrogen) atoms. The highest BCUT2D eigenvalue weighted by molar-refractivity contribution is 5.85. The molecule has 3 aromatic carbocycles. The highest BCUT2D eigenvalue weighted by atomic mass is 19.4. The maximum atomic E-state index is 10.8. The monoisotopic (exact) mass is 360 g/mol. The summed E-state index contributed by atoms with van der Waals surface area (Å²) in [5.41, 5.74) is 2.76. The minimum Gasteiger partial charge on any atom is -0.171 e. The van der Waals surface area contributed by atoms with E-state index in [-0.39, 0.29) is 0 Å². The third-order valence-electron chi connectivity index (χ3n) is 3.87. The Morgan fingerprint density at radius 1 is 0.769 bits per heavy atom. The second kappa shape index (κ2) is 10.6. The fraction of sp³-hybridized carbons (Fsp3) is 0.304. The molecular weight excluding hydrogens is 333 g/mol. The van der Waals surface area contributed by atoms with Gasteiger partial charge in [-0.3, -0.25) is 0 Å². The highest BCUT2D eigenvalue weighted by Crippen LogP contribution is 2.17. The summed E-state index contributed by atoms with van der Waals surface area (Å²) in [5.74, 6) is 0.659. The van der Waals surface area contributed by atoms with Gasteiger partial charge in [-0.1, -0.05) is 93.6 Å². The summed E-state index contributed by atoms with van der Waals surface area (Å²) in [6.07, 6.45) is -4.69. The second-order valence-corrected chi connectivity index (χ2v) is 6.33. The fourth-order valence-corrected chi connectivity index (χ4v) is 2.23. The first-order valence-electron chi connectivity index (χ1n) is 8.80. The van der Waals surface area contributed by atoms with Crippen molar-refractivity contribution in [3.63, 3.8) is 0 Å². The van der Waals surface area contributed by atoms with Crippen LogP contribution in [-0.2, 0) is 0 Å². The number of hydrogen-bond acceptors (Lipinski definition) is 0. The largest absolute Gasteiger partial charge is 0.388 e. The van der Waals surface area contributed by atoms with E-state index in [1.807, 2.05) is 6.07 Å². The lowest BCUT2D eigenvalue weighted by atomic mass is 10.0. The van der Waals surface area contributed by atoms with Crippen LogP contribution in [0.2, 0.25) is 0 Å². The summed E-state index contributed by atoms with van der Waals surface area (Å²) in [7, 11) is 0. The van der Waals surface area contributed by atoms with Crippen LogP contribution in [0.3, 0.4) is 0 Å². The van der Waals surface area contributed by atoms with E-state index in [0.29, 0.717) is 5.92 Å². The first-order chi connectivity index (χ1) is 12.2. The summed E-state index contributed by atoms with van der Waals surface area (Å²) in [6.45, 7) is 7.63. The Labute approximate surface area is 154 Å². The number of benzene rings is 3. The van der Waals surface area contributed by atoms with Gasteiger partial charge in [0.2, 0.25) is 0 Å². The molecule has 0 saturated heterocycles. The van der Waals surface area contributed by atoms with E-state index in [9.17, 15) is 13.2 Å². The van der Waals surface area contributed by atoms with Gasteiger partial charge >= 0.3 is 6.18 Å². The van der Waals surface area contributed by atoms with Gasteiger partial charge in [0.1, 0.15) is 0 Å². The molecule has 0 aliphatic rings. The number of fused-ring (bicyclic) bond motifs is 1. The number of hydrogen-bond donors (Lipinski definition) is 0. The topological polar surface area (TPSA) is 0 Å². The predicted octanol–water partition coefficient (Wildman–Crippen LogP) is 7.92. The van der Waals surface area contributed by atoms with E-state index in [1.165, 1.54) is 21.9 Å². The van der Waals surface area contributed by atoms with Gasteiger partial charge in [-0.15, -0.1) is 0 Å². The van der Waals surface area contributed by atoms with E-state index in [1.54, 1.807) is 0 Å². The second-order valence-electron chi connectivity index (χ2n) is 6.33. The van der Waals surface area contributed by atoms with E-state index in [2.05, 4.69) is 87.5 Å². The zero-order chi connectivity index (χ0) is 19.6. The van der Waals surface area contributed by atoms with Gasteiger partial charge in [0.05, 0.1) is 0 Å². The first kappa shape index (κ1) is 21.8. The Morgan fingerprint density at radius 3 is 1.73 bits per heavy atom. The molecule has 3 aromatic rings. The van der Waals surface area contributed by atoms with Crippen molar-refractivity contribution >= 4 is 10.8 Å². The molecule has 3 rings (SSSR count). The molecule has 0 radical (unpaired) electrons. The summed E-state index contributed by atoms with van der Waals surface area (Å²) in [5, 5.41) is 2.68. The lowest BCUT2D eigenvalue weighted by Gasteiger charge is -2.01. The molecular formula is C23H27F3.